The second kappa shape index (κ2) is 6.39. The van der Waals surface area contributed by atoms with E-state index in [1.54, 1.807) is 12.2 Å². The highest BCUT2D eigenvalue weighted by Crippen LogP contribution is 2.13. The molecule has 1 aromatic rings. The minimum Gasteiger partial charge on any atom is -0.479 e. The summed E-state index contributed by atoms with van der Waals surface area (Å²) in [7, 11) is 0. The van der Waals surface area contributed by atoms with E-state index in [0.717, 1.165) is 0 Å². The summed E-state index contributed by atoms with van der Waals surface area (Å²) in [6.45, 7) is 7.66. The first kappa shape index (κ1) is 12.0. The Bertz CT molecular complexity index is 368. The van der Waals surface area contributed by atoms with E-state index in [-0.39, 0.29) is 18.6 Å². The van der Waals surface area contributed by atoms with Crippen molar-refractivity contribution in [2.75, 3.05) is 13.2 Å². The van der Waals surface area contributed by atoms with Gasteiger partial charge in [-0.05, 0) is 6.42 Å². The highest BCUT2D eigenvalue weighted by Gasteiger charge is 2.06. The lowest BCUT2D eigenvalue weighted by molar-refractivity contribution is 0.267. The molecule has 0 radical (unpaired) electrons. The van der Waals surface area contributed by atoms with Gasteiger partial charge in [0, 0.05) is 0 Å². The van der Waals surface area contributed by atoms with Gasteiger partial charge in [0.25, 0.3) is 0 Å². The maximum Gasteiger partial charge on any atom is 0.326 e. The molecular weight excluding hydrogens is 210 g/mol. The molecule has 0 spiro atoms. The van der Waals surface area contributed by atoms with Crippen LogP contribution in [0.5, 0.6) is 18.0 Å². The van der Waals surface area contributed by atoms with Gasteiger partial charge in [0.05, 0.1) is 6.61 Å². The van der Waals surface area contributed by atoms with Crippen molar-refractivity contribution >= 4 is 0 Å². The lowest BCUT2D eigenvalue weighted by Gasteiger charge is -2.04. The van der Waals surface area contributed by atoms with E-state index in [1.165, 1.54) is 0 Å². The molecule has 16 heavy (non-hydrogen) atoms. The van der Waals surface area contributed by atoms with E-state index in [4.69, 9.17) is 9.47 Å². The zero-order chi connectivity index (χ0) is 11.8. The standard InChI is InChI=1S/C10H13N3O3/c1-3-5-7-16-10-12-8(14)11-9(13-10)15-6-4-2/h3-4H,1-2,5-7H2,(H,11,12,13,14). The third-order valence-electron chi connectivity index (χ3n) is 1.47. The zero-order valence-corrected chi connectivity index (χ0v) is 8.80. The predicted molar refractivity (Wildman–Crippen MR) is 57.5 cm³/mol. The molecule has 0 saturated heterocycles. The van der Waals surface area contributed by atoms with Crippen LogP contribution in [0.25, 0.3) is 0 Å². The molecule has 0 saturated carbocycles. The van der Waals surface area contributed by atoms with Gasteiger partial charge in [-0.25, -0.2) is 0 Å². The van der Waals surface area contributed by atoms with Gasteiger partial charge >= 0.3 is 18.0 Å². The van der Waals surface area contributed by atoms with Crippen molar-refractivity contribution in [2.24, 2.45) is 0 Å². The van der Waals surface area contributed by atoms with Crippen LogP contribution >= 0.6 is 0 Å². The molecule has 0 bridgehead atoms. The summed E-state index contributed by atoms with van der Waals surface area (Å²) in [5.74, 6) is 0. The molecule has 1 heterocycles. The number of hydrogen-bond donors (Lipinski definition) is 1. The summed E-state index contributed by atoms with van der Waals surface area (Å²) in [6, 6.07) is -0.419. The Morgan fingerprint density at radius 2 is 1.75 bits per heavy atom. The van der Waals surface area contributed by atoms with Crippen LogP contribution < -0.4 is 9.47 Å². The summed E-state index contributed by atoms with van der Waals surface area (Å²) in [6.07, 6.45) is 3.91. The Morgan fingerprint density at radius 3 is 2.38 bits per heavy atom. The van der Waals surface area contributed by atoms with Gasteiger partial charge in [0.2, 0.25) is 0 Å². The molecule has 0 atom stereocenters. The quantitative estimate of drug-likeness (QED) is 0.551. The highest BCUT2D eigenvalue weighted by molar-refractivity contribution is 5.07. The van der Waals surface area contributed by atoms with E-state index >= 15 is 0 Å². The first-order valence-corrected chi connectivity index (χ1v) is 4.68. The van der Waals surface area contributed by atoms with Crippen LogP contribution in [-0.2, 0) is 0 Å². The number of rotatable bonds is 7. The molecule has 1 rings (SSSR count). The molecule has 86 valence electrons. The predicted octanol–water partition coefficient (Wildman–Crippen LogP) is 1.10. The minimum atomic E-state index is -0.442. The van der Waals surface area contributed by atoms with Gasteiger partial charge in [-0.2, -0.15) is 0 Å². The topological polar surface area (TPSA) is 77.4 Å². The van der Waals surface area contributed by atoms with Crippen LogP contribution in [-0.4, -0.2) is 33.3 Å². The Labute approximate surface area is 93.3 Å². The Kier molecular flexibility index (Phi) is 4.78. The number of nitrogens with zero attached hydrogens (tertiary/aromatic N) is 3. The average molecular weight is 223 g/mol. The van der Waals surface area contributed by atoms with Crippen molar-refractivity contribution in [3.05, 3.63) is 25.3 Å². The van der Waals surface area contributed by atoms with Gasteiger partial charge in [-0.1, -0.05) is 18.7 Å². The number of aromatic hydroxyl groups is 1. The van der Waals surface area contributed by atoms with Crippen LogP contribution in [0.3, 0.4) is 0 Å². The maximum absolute atomic E-state index is 9.18. The Balaban J connectivity index is 2.65. The second-order valence-electron chi connectivity index (χ2n) is 2.73. The van der Waals surface area contributed by atoms with Crippen molar-refractivity contribution in [1.29, 1.82) is 0 Å². The fourth-order valence-corrected chi connectivity index (χ4v) is 0.824. The molecular formula is C10H13N3O3. The van der Waals surface area contributed by atoms with Gasteiger partial charge in [-0.3, -0.25) is 0 Å². The summed E-state index contributed by atoms with van der Waals surface area (Å²) < 4.78 is 10.2. The van der Waals surface area contributed by atoms with Crippen molar-refractivity contribution in [3.8, 4) is 18.0 Å². The lowest BCUT2D eigenvalue weighted by atomic mass is 10.5. The van der Waals surface area contributed by atoms with Crippen LogP contribution in [0.2, 0.25) is 0 Å². The molecule has 0 unspecified atom stereocenters. The van der Waals surface area contributed by atoms with Gasteiger partial charge in [0.1, 0.15) is 6.61 Å². The third kappa shape index (κ3) is 3.95. The largest absolute Gasteiger partial charge is 0.479 e. The Morgan fingerprint density at radius 1 is 1.06 bits per heavy atom. The molecule has 0 aliphatic carbocycles. The summed E-state index contributed by atoms with van der Waals surface area (Å²) in [5, 5.41) is 9.18. The maximum atomic E-state index is 9.18. The zero-order valence-electron chi connectivity index (χ0n) is 8.80. The fourth-order valence-electron chi connectivity index (χ4n) is 0.824. The van der Waals surface area contributed by atoms with Crippen molar-refractivity contribution in [3.63, 3.8) is 0 Å². The molecule has 6 heteroatoms. The third-order valence-corrected chi connectivity index (χ3v) is 1.47. The second-order valence-corrected chi connectivity index (χ2v) is 2.73. The monoisotopic (exact) mass is 223 g/mol. The first-order valence-electron chi connectivity index (χ1n) is 4.68. The number of aromatic nitrogens is 3. The lowest BCUT2D eigenvalue weighted by Crippen LogP contribution is -2.04. The van der Waals surface area contributed by atoms with Crippen molar-refractivity contribution in [1.82, 2.24) is 15.0 Å². The van der Waals surface area contributed by atoms with E-state index in [9.17, 15) is 5.11 Å². The normalized spacial score (nSPS) is 9.50. The summed E-state index contributed by atoms with van der Waals surface area (Å²) in [5.41, 5.74) is 0. The molecule has 0 aliphatic heterocycles. The minimum absolute atomic E-state index is 0.000929. The average Bonchev–Trinajstić information content (AvgIpc) is 2.26. The molecule has 0 aromatic carbocycles. The smallest absolute Gasteiger partial charge is 0.326 e. The fraction of sp³-hybridized carbons (Fsp3) is 0.300. The summed E-state index contributed by atoms with van der Waals surface area (Å²) in [4.78, 5) is 11.0. The van der Waals surface area contributed by atoms with E-state index in [2.05, 4.69) is 28.1 Å². The highest BCUT2D eigenvalue weighted by atomic mass is 16.5. The van der Waals surface area contributed by atoms with Crippen LogP contribution in [0, 0.1) is 0 Å². The van der Waals surface area contributed by atoms with Crippen molar-refractivity contribution in [2.45, 2.75) is 6.42 Å². The molecule has 6 nitrogen and oxygen atoms in total. The van der Waals surface area contributed by atoms with Crippen LogP contribution in [0.4, 0.5) is 0 Å². The van der Waals surface area contributed by atoms with Crippen LogP contribution in [0.1, 0.15) is 6.42 Å². The molecule has 1 aromatic heterocycles. The molecule has 1 N–H and O–H groups in total. The Hall–Kier alpha value is -2.11. The van der Waals surface area contributed by atoms with E-state index in [1.807, 2.05) is 0 Å². The SMILES string of the molecule is C=CCCOc1nc(O)nc(OCC=C)n1. The summed E-state index contributed by atoms with van der Waals surface area (Å²) >= 11 is 0. The first-order chi connectivity index (χ1) is 7.76. The van der Waals surface area contributed by atoms with Crippen molar-refractivity contribution < 1.29 is 14.6 Å². The van der Waals surface area contributed by atoms with Crippen LogP contribution in [0.15, 0.2) is 25.3 Å². The molecule has 0 amide bonds. The van der Waals surface area contributed by atoms with Gasteiger partial charge in [-0.15, -0.1) is 21.5 Å². The molecule has 0 fully saturated rings. The van der Waals surface area contributed by atoms with Gasteiger partial charge in [0.15, 0.2) is 0 Å². The van der Waals surface area contributed by atoms with Gasteiger partial charge < -0.3 is 14.6 Å². The number of hydrogen-bond acceptors (Lipinski definition) is 6. The van der Waals surface area contributed by atoms with E-state index < -0.39 is 6.01 Å². The number of ether oxygens (including phenoxy) is 2. The van der Waals surface area contributed by atoms with E-state index in [0.29, 0.717) is 13.0 Å². The molecule has 0 aliphatic rings.